The minimum absolute atomic E-state index is 0.606. The van der Waals surface area contributed by atoms with E-state index in [1.807, 2.05) is 79.0 Å². The first-order valence-corrected chi connectivity index (χ1v) is 14.0. The van der Waals surface area contributed by atoms with Crippen LogP contribution in [0, 0.1) is 0 Å². The molecular formula is C35H22FN3S. The molecule has 40 heavy (non-hydrogen) atoms. The first-order valence-electron chi connectivity index (χ1n) is 13.2. The first-order chi connectivity index (χ1) is 19.8. The largest absolute Gasteiger partial charge is 0.292 e. The minimum atomic E-state index is -1.28. The molecule has 0 amide bonds. The molecule has 4 aromatic carbocycles. The Morgan fingerprint density at radius 1 is 0.625 bits per heavy atom. The van der Waals surface area contributed by atoms with Crippen LogP contribution in [0.2, 0.25) is 0 Å². The van der Waals surface area contributed by atoms with E-state index in [2.05, 4.69) is 52.0 Å². The van der Waals surface area contributed by atoms with Crippen LogP contribution in [0.4, 0.5) is 4.39 Å². The van der Waals surface area contributed by atoms with Crippen LogP contribution < -0.4 is 0 Å². The zero-order valence-corrected chi connectivity index (χ0v) is 22.1. The fourth-order valence-electron chi connectivity index (χ4n) is 5.76. The topological polar surface area (TPSA) is 30.7 Å². The van der Waals surface area contributed by atoms with Crippen LogP contribution in [0.1, 0.15) is 17.3 Å². The lowest BCUT2D eigenvalue weighted by atomic mass is 9.98. The summed E-state index contributed by atoms with van der Waals surface area (Å²) in [6.07, 6.45) is 2.28. The van der Waals surface area contributed by atoms with Gasteiger partial charge < -0.3 is 0 Å². The lowest BCUT2D eigenvalue weighted by molar-refractivity contribution is 0.402. The Labute approximate surface area is 233 Å². The van der Waals surface area contributed by atoms with Crippen molar-refractivity contribution in [1.29, 1.82) is 0 Å². The quantitative estimate of drug-likeness (QED) is 0.225. The molecule has 0 radical (unpaired) electrons. The third kappa shape index (κ3) is 3.55. The molecule has 0 saturated heterocycles. The van der Waals surface area contributed by atoms with Gasteiger partial charge in [-0.2, -0.15) is 0 Å². The molecule has 8 rings (SSSR count). The summed E-state index contributed by atoms with van der Waals surface area (Å²) < 4.78 is 20.9. The number of benzene rings is 4. The zero-order chi connectivity index (χ0) is 26.6. The Hall–Kier alpha value is -4.87. The second kappa shape index (κ2) is 9.11. The van der Waals surface area contributed by atoms with Gasteiger partial charge in [-0.05, 0) is 53.6 Å². The Kier molecular flexibility index (Phi) is 5.25. The van der Waals surface area contributed by atoms with E-state index in [1.54, 1.807) is 17.5 Å². The van der Waals surface area contributed by atoms with Crippen molar-refractivity contribution in [2.24, 2.45) is 0 Å². The molecule has 0 N–H and O–H groups in total. The van der Waals surface area contributed by atoms with E-state index < -0.39 is 6.17 Å². The van der Waals surface area contributed by atoms with E-state index >= 15 is 4.39 Å². The Morgan fingerprint density at radius 3 is 2.25 bits per heavy atom. The summed E-state index contributed by atoms with van der Waals surface area (Å²) >= 11 is 1.79. The molecule has 5 heteroatoms. The predicted molar refractivity (Wildman–Crippen MR) is 164 cm³/mol. The number of fused-ring (bicyclic) bond motifs is 7. The van der Waals surface area contributed by atoms with Crippen LogP contribution in [0.3, 0.4) is 0 Å². The fourth-order valence-corrected chi connectivity index (χ4v) is 7.00. The molecule has 0 fully saturated rings. The van der Waals surface area contributed by atoms with Gasteiger partial charge in [-0.1, -0.05) is 72.8 Å². The Bertz CT molecular complexity index is 2180. The molecule has 4 heterocycles. The zero-order valence-electron chi connectivity index (χ0n) is 21.3. The van der Waals surface area contributed by atoms with Crippen molar-refractivity contribution in [3.05, 3.63) is 139 Å². The van der Waals surface area contributed by atoms with E-state index in [4.69, 9.17) is 4.98 Å². The van der Waals surface area contributed by atoms with Crippen molar-refractivity contribution in [1.82, 2.24) is 14.5 Å². The number of alkyl halides is 1. The molecule has 0 aliphatic rings. The van der Waals surface area contributed by atoms with Gasteiger partial charge in [0.05, 0.1) is 21.4 Å². The maximum absolute atomic E-state index is 16.2. The highest BCUT2D eigenvalue weighted by Crippen LogP contribution is 2.43. The van der Waals surface area contributed by atoms with Crippen molar-refractivity contribution in [3.63, 3.8) is 0 Å². The summed E-state index contributed by atoms with van der Waals surface area (Å²) in [6, 6.07) is 38.2. The minimum Gasteiger partial charge on any atom is -0.292 e. The number of hydrogen-bond donors (Lipinski definition) is 0. The summed E-state index contributed by atoms with van der Waals surface area (Å²) in [6.45, 7) is 0. The molecule has 0 spiro atoms. The van der Waals surface area contributed by atoms with Crippen LogP contribution in [0.25, 0.3) is 59.1 Å². The van der Waals surface area contributed by atoms with Crippen LogP contribution in [0.15, 0.2) is 128 Å². The third-order valence-corrected chi connectivity index (χ3v) is 8.80. The van der Waals surface area contributed by atoms with Crippen LogP contribution in [-0.4, -0.2) is 14.5 Å². The van der Waals surface area contributed by atoms with Crippen molar-refractivity contribution < 1.29 is 4.39 Å². The highest BCUT2D eigenvalue weighted by atomic mass is 32.1. The number of hydrogen-bond acceptors (Lipinski definition) is 3. The van der Waals surface area contributed by atoms with E-state index in [9.17, 15) is 0 Å². The monoisotopic (exact) mass is 535 g/mol. The van der Waals surface area contributed by atoms with Gasteiger partial charge in [0.1, 0.15) is 5.82 Å². The lowest BCUT2D eigenvalue weighted by Crippen LogP contribution is -1.99. The summed E-state index contributed by atoms with van der Waals surface area (Å²) in [7, 11) is 0. The third-order valence-electron chi connectivity index (χ3n) is 7.61. The normalized spacial score (nSPS) is 12.5. The summed E-state index contributed by atoms with van der Waals surface area (Å²) in [5.41, 5.74) is 5.00. The Balaban J connectivity index is 1.37. The SMILES string of the molecule is FC(c1cccc(-c2ccccn2)c1)c1ccc2c3ccc4c5ccccc5sc4c3n(-c3ccccn3)c2c1. The van der Waals surface area contributed by atoms with Gasteiger partial charge in [-0.3, -0.25) is 9.55 Å². The lowest BCUT2D eigenvalue weighted by Gasteiger charge is -2.12. The number of pyridine rings is 2. The van der Waals surface area contributed by atoms with E-state index in [-0.39, 0.29) is 0 Å². The van der Waals surface area contributed by atoms with Gasteiger partial charge in [0.25, 0.3) is 0 Å². The number of halogens is 1. The van der Waals surface area contributed by atoms with Gasteiger partial charge in [0, 0.05) is 44.2 Å². The smallest absolute Gasteiger partial charge is 0.150 e. The molecule has 1 atom stereocenters. The fraction of sp³-hybridized carbons (Fsp3) is 0.0286. The second-order valence-corrected chi connectivity index (χ2v) is 11.0. The molecule has 0 aliphatic heterocycles. The average Bonchev–Trinajstić information content (AvgIpc) is 3.57. The average molecular weight is 536 g/mol. The molecule has 8 aromatic rings. The molecule has 0 saturated carbocycles. The number of thiophene rings is 1. The molecule has 1 unspecified atom stereocenters. The summed E-state index contributed by atoms with van der Waals surface area (Å²) in [5, 5.41) is 4.69. The number of nitrogens with zero attached hydrogens (tertiary/aromatic N) is 3. The molecule has 0 aliphatic carbocycles. The van der Waals surface area contributed by atoms with Gasteiger partial charge in [0.2, 0.25) is 0 Å². The summed E-state index contributed by atoms with van der Waals surface area (Å²) in [5.74, 6) is 0.817. The van der Waals surface area contributed by atoms with Gasteiger partial charge in [-0.25, -0.2) is 9.37 Å². The van der Waals surface area contributed by atoms with Gasteiger partial charge in [-0.15, -0.1) is 11.3 Å². The van der Waals surface area contributed by atoms with Gasteiger partial charge >= 0.3 is 0 Å². The molecule has 190 valence electrons. The van der Waals surface area contributed by atoms with Crippen molar-refractivity contribution in [2.45, 2.75) is 6.17 Å². The molecule has 3 nitrogen and oxygen atoms in total. The van der Waals surface area contributed by atoms with Crippen molar-refractivity contribution >= 4 is 53.3 Å². The molecular weight excluding hydrogens is 513 g/mol. The van der Waals surface area contributed by atoms with Crippen molar-refractivity contribution in [2.75, 3.05) is 0 Å². The summed E-state index contributed by atoms with van der Waals surface area (Å²) in [4.78, 5) is 9.17. The predicted octanol–water partition coefficient (Wildman–Crippen LogP) is 9.67. The van der Waals surface area contributed by atoms with E-state index in [1.165, 1.54) is 20.2 Å². The maximum Gasteiger partial charge on any atom is 0.150 e. The number of aromatic nitrogens is 3. The highest BCUT2D eigenvalue weighted by Gasteiger charge is 2.21. The highest BCUT2D eigenvalue weighted by molar-refractivity contribution is 7.26. The number of rotatable bonds is 4. The maximum atomic E-state index is 16.2. The standard InChI is InChI=1S/C35H22FN3S/c36-33(23-9-7-8-22(20-23)29-11-3-5-18-37-29)24-14-15-25-27-16-17-28-26-10-1-2-12-31(26)40-35(28)34(27)39(30(25)21-24)32-13-4-6-19-38-32/h1-21,33H. The second-order valence-electron chi connectivity index (χ2n) is 9.94. The van der Waals surface area contributed by atoms with Crippen molar-refractivity contribution in [3.8, 4) is 17.1 Å². The van der Waals surface area contributed by atoms with Crippen LogP contribution >= 0.6 is 11.3 Å². The van der Waals surface area contributed by atoms with E-state index in [0.717, 1.165) is 38.9 Å². The molecule has 0 bridgehead atoms. The first kappa shape index (κ1) is 23.1. The Morgan fingerprint density at radius 2 is 1.40 bits per heavy atom. The van der Waals surface area contributed by atoms with Crippen LogP contribution in [0.5, 0.6) is 0 Å². The van der Waals surface area contributed by atoms with Crippen LogP contribution in [-0.2, 0) is 0 Å². The van der Waals surface area contributed by atoms with E-state index in [0.29, 0.717) is 11.1 Å². The molecule has 4 aromatic heterocycles. The van der Waals surface area contributed by atoms with Gasteiger partial charge in [0.15, 0.2) is 6.17 Å².